The Morgan fingerprint density at radius 3 is 2.89 bits per heavy atom. The van der Waals surface area contributed by atoms with Crippen molar-refractivity contribution in [1.29, 1.82) is 0 Å². The van der Waals surface area contributed by atoms with Crippen molar-refractivity contribution in [3.8, 4) is 0 Å². The number of imidazole rings is 1. The lowest BCUT2D eigenvalue weighted by Gasteiger charge is -2.24. The average molecular weight is 286 g/mol. The number of carbonyl (C=O) groups excluding carboxylic acids is 1. The monoisotopic (exact) mass is 285 g/mol. The highest BCUT2D eigenvalue weighted by molar-refractivity contribution is 5.86. The van der Waals surface area contributed by atoms with Crippen molar-refractivity contribution < 1.29 is 9.53 Å². The third-order valence-electron chi connectivity index (χ3n) is 4.27. The minimum absolute atomic E-state index is 0. The number of halogens is 1. The van der Waals surface area contributed by atoms with Crippen molar-refractivity contribution in [2.24, 2.45) is 11.8 Å². The summed E-state index contributed by atoms with van der Waals surface area (Å²) in [4.78, 5) is 16.0. The minimum atomic E-state index is -0.364. The number of esters is 1. The van der Waals surface area contributed by atoms with Gasteiger partial charge in [0.05, 0.1) is 6.61 Å². The number of nitrogen functional groups attached to an aromatic ring is 1. The fourth-order valence-corrected chi connectivity index (χ4v) is 3.56. The predicted molar refractivity (Wildman–Crippen MR) is 74.3 cm³/mol. The SMILES string of the molecule is CCOC(=O)c1nc(N)cn1C1CC2CCC1C2.Cl. The maximum absolute atomic E-state index is 11.9. The van der Waals surface area contributed by atoms with Crippen LogP contribution >= 0.6 is 12.4 Å². The van der Waals surface area contributed by atoms with E-state index in [0.717, 1.165) is 12.3 Å². The molecular weight excluding hydrogens is 266 g/mol. The molecule has 1 aromatic rings. The Labute approximate surface area is 118 Å². The highest BCUT2D eigenvalue weighted by Crippen LogP contribution is 2.51. The number of nitrogens with two attached hydrogens (primary N) is 1. The predicted octanol–water partition coefficient (Wildman–Crippen LogP) is 2.42. The van der Waals surface area contributed by atoms with Gasteiger partial charge in [0.25, 0.3) is 0 Å². The summed E-state index contributed by atoms with van der Waals surface area (Å²) >= 11 is 0. The van der Waals surface area contributed by atoms with Gasteiger partial charge in [-0.2, -0.15) is 0 Å². The van der Waals surface area contributed by atoms with Gasteiger partial charge in [0.15, 0.2) is 0 Å². The van der Waals surface area contributed by atoms with Gasteiger partial charge in [-0.25, -0.2) is 9.78 Å². The van der Waals surface area contributed by atoms with Gasteiger partial charge in [0.1, 0.15) is 5.82 Å². The zero-order chi connectivity index (χ0) is 12.7. The first-order valence-electron chi connectivity index (χ1n) is 6.70. The number of ether oxygens (including phenoxy) is 1. The van der Waals surface area contributed by atoms with Crippen LogP contribution in [-0.4, -0.2) is 22.1 Å². The van der Waals surface area contributed by atoms with Crippen LogP contribution in [0.15, 0.2) is 6.20 Å². The van der Waals surface area contributed by atoms with Gasteiger partial charge in [0, 0.05) is 12.2 Å². The first kappa shape index (κ1) is 14.2. The van der Waals surface area contributed by atoms with Crippen LogP contribution in [0.2, 0.25) is 0 Å². The van der Waals surface area contributed by atoms with Crippen LogP contribution in [0, 0.1) is 11.8 Å². The number of anilines is 1. The molecule has 2 fully saturated rings. The molecule has 0 amide bonds. The minimum Gasteiger partial charge on any atom is -0.460 e. The molecule has 0 saturated heterocycles. The second kappa shape index (κ2) is 5.41. The van der Waals surface area contributed by atoms with Gasteiger partial charge in [-0.1, -0.05) is 6.42 Å². The van der Waals surface area contributed by atoms with E-state index in [-0.39, 0.29) is 18.4 Å². The highest BCUT2D eigenvalue weighted by atomic mass is 35.5. The standard InChI is InChI=1S/C13H19N3O2.ClH/c1-2-18-13(17)12-15-11(14)7-16(12)10-6-8-3-4-9(10)5-8;/h7-10H,2-6,14H2,1H3;1H. The molecule has 0 spiro atoms. The Balaban J connectivity index is 0.00000133. The molecule has 19 heavy (non-hydrogen) atoms. The maximum Gasteiger partial charge on any atom is 0.374 e. The third-order valence-corrected chi connectivity index (χ3v) is 4.27. The van der Waals surface area contributed by atoms with Crippen LogP contribution in [-0.2, 0) is 4.74 Å². The first-order chi connectivity index (χ1) is 8.69. The normalized spacial score (nSPS) is 28.2. The van der Waals surface area contributed by atoms with E-state index in [9.17, 15) is 4.79 Å². The van der Waals surface area contributed by atoms with Gasteiger partial charge >= 0.3 is 5.97 Å². The Morgan fingerprint density at radius 1 is 1.53 bits per heavy atom. The van der Waals surface area contributed by atoms with Crippen molar-refractivity contribution in [1.82, 2.24) is 9.55 Å². The zero-order valence-electron chi connectivity index (χ0n) is 11.0. The van der Waals surface area contributed by atoms with E-state index in [0.29, 0.717) is 30.2 Å². The molecule has 3 rings (SSSR count). The molecule has 106 valence electrons. The molecule has 3 unspecified atom stereocenters. The van der Waals surface area contributed by atoms with Crippen LogP contribution in [0.5, 0.6) is 0 Å². The second-order valence-electron chi connectivity index (χ2n) is 5.36. The quantitative estimate of drug-likeness (QED) is 0.866. The van der Waals surface area contributed by atoms with E-state index < -0.39 is 0 Å². The fraction of sp³-hybridized carbons (Fsp3) is 0.692. The van der Waals surface area contributed by atoms with E-state index in [2.05, 4.69) is 4.98 Å². The lowest BCUT2D eigenvalue weighted by Crippen LogP contribution is -2.21. The van der Waals surface area contributed by atoms with Gasteiger partial charge in [-0.3, -0.25) is 0 Å². The topological polar surface area (TPSA) is 70.1 Å². The molecule has 2 bridgehead atoms. The van der Waals surface area contributed by atoms with Crippen molar-refractivity contribution >= 4 is 24.2 Å². The van der Waals surface area contributed by atoms with E-state index in [4.69, 9.17) is 10.5 Å². The Kier molecular flexibility index (Phi) is 4.04. The molecule has 5 nitrogen and oxygen atoms in total. The lowest BCUT2D eigenvalue weighted by molar-refractivity contribution is 0.0501. The van der Waals surface area contributed by atoms with Crippen LogP contribution in [0.25, 0.3) is 0 Å². The Bertz CT molecular complexity index is 474. The molecule has 2 aliphatic carbocycles. The lowest BCUT2D eigenvalue weighted by atomic mass is 9.95. The first-order valence-corrected chi connectivity index (χ1v) is 6.70. The number of nitrogens with zero attached hydrogens (tertiary/aromatic N) is 2. The smallest absolute Gasteiger partial charge is 0.374 e. The van der Waals surface area contributed by atoms with Crippen molar-refractivity contribution in [3.63, 3.8) is 0 Å². The summed E-state index contributed by atoms with van der Waals surface area (Å²) in [6.45, 7) is 2.16. The van der Waals surface area contributed by atoms with E-state index in [1.54, 1.807) is 13.1 Å². The summed E-state index contributed by atoms with van der Waals surface area (Å²) < 4.78 is 7.00. The maximum atomic E-state index is 11.9. The van der Waals surface area contributed by atoms with Crippen LogP contribution in [0.1, 0.15) is 49.3 Å². The van der Waals surface area contributed by atoms with Crippen molar-refractivity contribution in [2.75, 3.05) is 12.3 Å². The van der Waals surface area contributed by atoms with Crippen LogP contribution in [0.4, 0.5) is 5.82 Å². The molecular formula is C13H20ClN3O2. The molecule has 3 atom stereocenters. The molecule has 2 saturated carbocycles. The van der Waals surface area contributed by atoms with Gasteiger partial charge < -0.3 is 15.0 Å². The number of rotatable bonds is 3. The number of hydrogen-bond acceptors (Lipinski definition) is 4. The molecule has 6 heteroatoms. The van der Waals surface area contributed by atoms with Gasteiger partial charge in [-0.15, -0.1) is 12.4 Å². The molecule has 0 radical (unpaired) electrons. The van der Waals surface area contributed by atoms with E-state index >= 15 is 0 Å². The number of carbonyl (C=O) groups is 1. The number of fused-ring (bicyclic) bond motifs is 2. The molecule has 1 aromatic heterocycles. The van der Waals surface area contributed by atoms with Crippen LogP contribution < -0.4 is 5.73 Å². The van der Waals surface area contributed by atoms with Gasteiger partial charge in [0.2, 0.25) is 5.82 Å². The van der Waals surface area contributed by atoms with E-state index in [1.807, 2.05) is 4.57 Å². The molecule has 2 aliphatic rings. The summed E-state index contributed by atoms with van der Waals surface area (Å²) in [6.07, 6.45) is 6.81. The average Bonchev–Trinajstić information content (AvgIpc) is 3.02. The molecule has 0 aromatic carbocycles. The summed E-state index contributed by atoms with van der Waals surface area (Å²) in [5.74, 6) is 1.90. The summed E-state index contributed by atoms with van der Waals surface area (Å²) in [6, 6.07) is 0.382. The Hall–Kier alpha value is -1.23. The summed E-state index contributed by atoms with van der Waals surface area (Å²) in [7, 11) is 0. The summed E-state index contributed by atoms with van der Waals surface area (Å²) in [5, 5.41) is 0. The van der Waals surface area contributed by atoms with Crippen molar-refractivity contribution in [3.05, 3.63) is 12.0 Å². The second-order valence-corrected chi connectivity index (χ2v) is 5.36. The van der Waals surface area contributed by atoms with Crippen molar-refractivity contribution in [2.45, 2.75) is 38.6 Å². The van der Waals surface area contributed by atoms with Gasteiger partial charge in [-0.05, 0) is 38.0 Å². The highest BCUT2D eigenvalue weighted by Gasteiger charge is 2.41. The van der Waals surface area contributed by atoms with Crippen LogP contribution in [0.3, 0.4) is 0 Å². The molecule has 2 N–H and O–H groups in total. The third kappa shape index (κ3) is 2.43. The number of aromatic nitrogens is 2. The zero-order valence-corrected chi connectivity index (χ0v) is 11.9. The Morgan fingerprint density at radius 2 is 2.32 bits per heavy atom. The largest absolute Gasteiger partial charge is 0.460 e. The summed E-state index contributed by atoms with van der Waals surface area (Å²) in [5.41, 5.74) is 5.74. The molecule has 1 heterocycles. The number of hydrogen-bond donors (Lipinski definition) is 1. The fourth-order valence-electron chi connectivity index (χ4n) is 3.56. The van der Waals surface area contributed by atoms with E-state index in [1.165, 1.54) is 19.3 Å². The molecule has 0 aliphatic heterocycles.